The third kappa shape index (κ3) is 3.67. The number of amides is 1. The Morgan fingerprint density at radius 3 is 2.93 bits per heavy atom. The van der Waals surface area contributed by atoms with E-state index in [9.17, 15) is 4.79 Å². The number of carbonyl (C=O) groups is 1. The summed E-state index contributed by atoms with van der Waals surface area (Å²) in [5.41, 5.74) is 7.09. The standard InChI is InChI=1S/C10H14ClN3O/c1-13-10(15)4-5-14-9-6-7(11)2-3-8(9)12/h2-3,6,14H,4-5,12H2,1H3,(H,13,15). The molecule has 0 aliphatic heterocycles. The fourth-order valence-electron chi connectivity index (χ4n) is 1.12. The molecule has 0 bridgehead atoms. The van der Waals surface area contributed by atoms with E-state index in [2.05, 4.69) is 10.6 Å². The van der Waals surface area contributed by atoms with Crippen molar-refractivity contribution in [2.24, 2.45) is 0 Å². The van der Waals surface area contributed by atoms with E-state index in [1.54, 1.807) is 25.2 Å². The Hall–Kier alpha value is -1.42. The van der Waals surface area contributed by atoms with Crippen molar-refractivity contribution in [2.45, 2.75) is 6.42 Å². The molecular weight excluding hydrogens is 214 g/mol. The fraction of sp³-hybridized carbons (Fsp3) is 0.300. The van der Waals surface area contributed by atoms with Gasteiger partial charge in [-0.3, -0.25) is 4.79 Å². The molecule has 0 fully saturated rings. The van der Waals surface area contributed by atoms with Crippen LogP contribution in [0.3, 0.4) is 0 Å². The van der Waals surface area contributed by atoms with Gasteiger partial charge in [0, 0.05) is 25.0 Å². The van der Waals surface area contributed by atoms with Crippen LogP contribution in [-0.4, -0.2) is 19.5 Å². The number of rotatable bonds is 4. The number of anilines is 2. The Kier molecular flexibility index (Phi) is 4.24. The van der Waals surface area contributed by atoms with Crippen molar-refractivity contribution in [2.75, 3.05) is 24.6 Å². The van der Waals surface area contributed by atoms with Crippen LogP contribution in [0, 0.1) is 0 Å². The second kappa shape index (κ2) is 5.46. The van der Waals surface area contributed by atoms with E-state index in [4.69, 9.17) is 17.3 Å². The predicted octanol–water partition coefficient (Wildman–Crippen LogP) is 1.47. The van der Waals surface area contributed by atoms with E-state index < -0.39 is 0 Å². The molecule has 0 radical (unpaired) electrons. The van der Waals surface area contributed by atoms with Crippen LogP contribution in [0.1, 0.15) is 6.42 Å². The van der Waals surface area contributed by atoms with Gasteiger partial charge in [-0.1, -0.05) is 11.6 Å². The molecule has 0 aromatic heterocycles. The second-order valence-electron chi connectivity index (χ2n) is 3.08. The minimum Gasteiger partial charge on any atom is -0.397 e. The van der Waals surface area contributed by atoms with Crippen LogP contribution in [0.25, 0.3) is 0 Å². The molecule has 15 heavy (non-hydrogen) atoms. The van der Waals surface area contributed by atoms with Crippen LogP contribution in [-0.2, 0) is 4.79 Å². The molecule has 1 aromatic rings. The maximum absolute atomic E-state index is 10.9. The van der Waals surface area contributed by atoms with Crippen molar-refractivity contribution in [3.05, 3.63) is 23.2 Å². The Labute approximate surface area is 93.8 Å². The van der Waals surface area contributed by atoms with Gasteiger partial charge in [0.1, 0.15) is 0 Å². The number of nitrogens with two attached hydrogens (primary N) is 1. The maximum atomic E-state index is 10.9. The summed E-state index contributed by atoms with van der Waals surface area (Å²) in [5.74, 6) is -0.0110. The lowest BCUT2D eigenvalue weighted by Crippen LogP contribution is -2.21. The van der Waals surface area contributed by atoms with Crippen LogP contribution in [0.5, 0.6) is 0 Å². The molecule has 0 saturated heterocycles. The fourth-order valence-corrected chi connectivity index (χ4v) is 1.29. The number of nitrogens with one attached hydrogen (secondary N) is 2. The van der Waals surface area contributed by atoms with E-state index in [0.29, 0.717) is 23.7 Å². The highest BCUT2D eigenvalue weighted by Gasteiger charge is 2.01. The summed E-state index contributed by atoms with van der Waals surface area (Å²) in [6.45, 7) is 0.532. The quantitative estimate of drug-likeness (QED) is 0.683. The van der Waals surface area contributed by atoms with Crippen molar-refractivity contribution >= 4 is 28.9 Å². The van der Waals surface area contributed by atoms with Gasteiger partial charge in [-0.2, -0.15) is 0 Å². The zero-order chi connectivity index (χ0) is 11.3. The number of hydrogen-bond donors (Lipinski definition) is 3. The van der Waals surface area contributed by atoms with E-state index in [-0.39, 0.29) is 5.91 Å². The van der Waals surface area contributed by atoms with Crippen molar-refractivity contribution in [3.63, 3.8) is 0 Å². The average molecular weight is 228 g/mol. The number of nitrogen functional groups attached to an aromatic ring is 1. The monoisotopic (exact) mass is 227 g/mol. The lowest BCUT2D eigenvalue weighted by atomic mass is 10.2. The van der Waals surface area contributed by atoms with Gasteiger partial charge in [0.15, 0.2) is 0 Å². The molecule has 0 unspecified atom stereocenters. The normalized spacial score (nSPS) is 9.73. The number of hydrogen-bond acceptors (Lipinski definition) is 3. The van der Waals surface area contributed by atoms with Gasteiger partial charge in [-0.25, -0.2) is 0 Å². The van der Waals surface area contributed by atoms with Crippen molar-refractivity contribution in [1.82, 2.24) is 5.32 Å². The van der Waals surface area contributed by atoms with E-state index in [1.165, 1.54) is 0 Å². The molecule has 0 heterocycles. The van der Waals surface area contributed by atoms with Crippen LogP contribution in [0.2, 0.25) is 5.02 Å². The Bertz CT molecular complexity index is 355. The second-order valence-corrected chi connectivity index (χ2v) is 3.52. The van der Waals surface area contributed by atoms with Crippen LogP contribution in [0.4, 0.5) is 11.4 Å². The van der Waals surface area contributed by atoms with Crippen LogP contribution < -0.4 is 16.4 Å². The van der Waals surface area contributed by atoms with Gasteiger partial charge in [-0.15, -0.1) is 0 Å². The lowest BCUT2D eigenvalue weighted by Gasteiger charge is -2.08. The highest BCUT2D eigenvalue weighted by Crippen LogP contribution is 2.22. The summed E-state index contributed by atoms with van der Waals surface area (Å²) in [6, 6.07) is 5.19. The van der Waals surface area contributed by atoms with Crippen molar-refractivity contribution in [3.8, 4) is 0 Å². The average Bonchev–Trinajstić information content (AvgIpc) is 2.23. The SMILES string of the molecule is CNC(=O)CCNc1cc(Cl)ccc1N. The van der Waals surface area contributed by atoms with Crippen molar-refractivity contribution in [1.29, 1.82) is 0 Å². The molecule has 4 N–H and O–H groups in total. The molecule has 0 aliphatic rings. The van der Waals surface area contributed by atoms with Gasteiger partial charge in [0.05, 0.1) is 11.4 Å². The number of carbonyl (C=O) groups excluding carboxylic acids is 1. The van der Waals surface area contributed by atoms with Crippen molar-refractivity contribution < 1.29 is 4.79 Å². The maximum Gasteiger partial charge on any atom is 0.221 e. The highest BCUT2D eigenvalue weighted by molar-refractivity contribution is 6.31. The van der Waals surface area contributed by atoms with E-state index in [0.717, 1.165) is 5.69 Å². The van der Waals surface area contributed by atoms with Crippen LogP contribution >= 0.6 is 11.6 Å². The third-order valence-corrected chi connectivity index (χ3v) is 2.20. The summed E-state index contributed by atoms with van der Waals surface area (Å²) in [6.07, 6.45) is 0.405. The lowest BCUT2D eigenvalue weighted by molar-refractivity contribution is -0.120. The minimum absolute atomic E-state index is 0.0110. The summed E-state index contributed by atoms with van der Waals surface area (Å²) < 4.78 is 0. The summed E-state index contributed by atoms with van der Waals surface area (Å²) in [5, 5.41) is 6.21. The van der Waals surface area contributed by atoms with Gasteiger partial charge in [0.2, 0.25) is 5.91 Å². The van der Waals surface area contributed by atoms with Gasteiger partial charge in [0.25, 0.3) is 0 Å². The predicted molar refractivity (Wildman–Crippen MR) is 63.0 cm³/mol. The summed E-state index contributed by atoms with van der Waals surface area (Å²) >= 11 is 5.81. The third-order valence-electron chi connectivity index (χ3n) is 1.96. The molecule has 0 atom stereocenters. The Balaban J connectivity index is 2.50. The van der Waals surface area contributed by atoms with Crippen LogP contribution in [0.15, 0.2) is 18.2 Å². The molecule has 0 aliphatic carbocycles. The first-order chi connectivity index (χ1) is 7.13. The highest BCUT2D eigenvalue weighted by atomic mass is 35.5. The Morgan fingerprint density at radius 2 is 2.27 bits per heavy atom. The number of halogens is 1. The molecule has 5 heteroatoms. The smallest absolute Gasteiger partial charge is 0.221 e. The molecule has 82 valence electrons. The zero-order valence-electron chi connectivity index (χ0n) is 8.51. The zero-order valence-corrected chi connectivity index (χ0v) is 9.27. The molecule has 1 aromatic carbocycles. The molecular formula is C10H14ClN3O. The van der Waals surface area contributed by atoms with E-state index in [1.807, 2.05) is 0 Å². The molecule has 1 amide bonds. The summed E-state index contributed by atoms with van der Waals surface area (Å²) in [4.78, 5) is 10.9. The van der Waals surface area contributed by atoms with Gasteiger partial charge in [-0.05, 0) is 18.2 Å². The molecule has 4 nitrogen and oxygen atoms in total. The first kappa shape index (κ1) is 11.7. The van der Waals surface area contributed by atoms with Gasteiger partial charge >= 0.3 is 0 Å². The minimum atomic E-state index is -0.0110. The largest absolute Gasteiger partial charge is 0.397 e. The van der Waals surface area contributed by atoms with E-state index >= 15 is 0 Å². The molecule has 0 spiro atoms. The first-order valence-corrected chi connectivity index (χ1v) is 5.00. The molecule has 0 saturated carbocycles. The number of benzene rings is 1. The Morgan fingerprint density at radius 1 is 1.53 bits per heavy atom. The first-order valence-electron chi connectivity index (χ1n) is 4.63. The summed E-state index contributed by atoms with van der Waals surface area (Å²) in [7, 11) is 1.61. The van der Waals surface area contributed by atoms with Gasteiger partial charge < -0.3 is 16.4 Å². The molecule has 1 rings (SSSR count). The topological polar surface area (TPSA) is 67.2 Å².